The predicted octanol–water partition coefficient (Wildman–Crippen LogP) is 0.572. The lowest BCUT2D eigenvalue weighted by molar-refractivity contribution is 0.621. The second kappa shape index (κ2) is 4.66. The summed E-state index contributed by atoms with van der Waals surface area (Å²) >= 11 is 0. The van der Waals surface area contributed by atoms with E-state index in [1.54, 1.807) is 11.0 Å². The highest BCUT2D eigenvalue weighted by Gasteiger charge is 1.88. The van der Waals surface area contributed by atoms with Gasteiger partial charge in [0.05, 0.1) is 0 Å². The van der Waals surface area contributed by atoms with Crippen LogP contribution in [0.25, 0.3) is 0 Å². The van der Waals surface area contributed by atoms with Crippen molar-refractivity contribution in [2.75, 3.05) is 0 Å². The van der Waals surface area contributed by atoms with E-state index < -0.39 is 0 Å². The van der Waals surface area contributed by atoms with Gasteiger partial charge in [-0.15, -0.1) is 0 Å². The number of nitrogens with two attached hydrogens (primary N) is 1. The van der Waals surface area contributed by atoms with Gasteiger partial charge in [0, 0.05) is 12.6 Å². The number of allylic oxidation sites excluding steroid dienone is 1. The van der Waals surface area contributed by atoms with E-state index in [1.165, 1.54) is 6.33 Å². The summed E-state index contributed by atoms with van der Waals surface area (Å²) in [5, 5.41) is 3.97. The molecular formula is C8H14N4. The van der Waals surface area contributed by atoms with Crippen LogP contribution in [0.4, 0.5) is 0 Å². The summed E-state index contributed by atoms with van der Waals surface area (Å²) in [6, 6.07) is 0.140. The fourth-order valence-electron chi connectivity index (χ4n) is 0.866. The topological polar surface area (TPSA) is 56.7 Å². The molecule has 0 aliphatic rings. The van der Waals surface area contributed by atoms with Crippen molar-refractivity contribution in [2.45, 2.75) is 25.9 Å². The fourth-order valence-corrected chi connectivity index (χ4v) is 0.866. The van der Waals surface area contributed by atoms with Gasteiger partial charge in [-0.05, 0) is 13.3 Å². The van der Waals surface area contributed by atoms with E-state index in [9.17, 15) is 0 Å². The van der Waals surface area contributed by atoms with Crippen molar-refractivity contribution in [3.63, 3.8) is 0 Å². The quantitative estimate of drug-likeness (QED) is 0.665. The van der Waals surface area contributed by atoms with E-state index in [0.717, 1.165) is 13.0 Å². The molecule has 1 atom stereocenters. The maximum Gasteiger partial charge on any atom is 0.137 e. The third-order valence-electron chi connectivity index (χ3n) is 1.43. The minimum absolute atomic E-state index is 0.140. The third-order valence-corrected chi connectivity index (χ3v) is 1.43. The van der Waals surface area contributed by atoms with Gasteiger partial charge in [0.1, 0.15) is 12.7 Å². The lowest BCUT2D eigenvalue weighted by Gasteiger charge is -1.96. The van der Waals surface area contributed by atoms with Gasteiger partial charge in [-0.2, -0.15) is 5.10 Å². The van der Waals surface area contributed by atoms with Crippen LogP contribution in [-0.4, -0.2) is 20.8 Å². The van der Waals surface area contributed by atoms with Gasteiger partial charge in [0.25, 0.3) is 0 Å². The van der Waals surface area contributed by atoms with E-state index in [4.69, 9.17) is 5.73 Å². The first kappa shape index (κ1) is 8.93. The standard InChI is InChI=1S/C8H14N4/c1-8(9)4-2-3-5-12-7-10-6-11-12/h2,4,6-8H,3,5,9H2,1H3/b4-2+. The Hall–Kier alpha value is -1.16. The molecule has 0 aromatic carbocycles. The Bertz CT molecular complexity index is 225. The van der Waals surface area contributed by atoms with Crippen LogP contribution in [0, 0.1) is 0 Å². The van der Waals surface area contributed by atoms with Crippen molar-refractivity contribution >= 4 is 0 Å². The second-order valence-electron chi connectivity index (χ2n) is 2.73. The van der Waals surface area contributed by atoms with Gasteiger partial charge in [-0.25, -0.2) is 4.98 Å². The van der Waals surface area contributed by atoms with Gasteiger partial charge >= 0.3 is 0 Å². The summed E-state index contributed by atoms with van der Waals surface area (Å²) in [4.78, 5) is 3.84. The van der Waals surface area contributed by atoms with Gasteiger partial charge in [-0.1, -0.05) is 12.2 Å². The van der Waals surface area contributed by atoms with Crippen LogP contribution >= 0.6 is 0 Å². The number of nitrogens with zero attached hydrogens (tertiary/aromatic N) is 3. The van der Waals surface area contributed by atoms with Crippen molar-refractivity contribution in [1.82, 2.24) is 14.8 Å². The van der Waals surface area contributed by atoms with E-state index in [-0.39, 0.29) is 6.04 Å². The summed E-state index contributed by atoms with van der Waals surface area (Å²) in [7, 11) is 0. The Labute approximate surface area is 72.1 Å². The molecule has 1 aromatic rings. The highest BCUT2D eigenvalue weighted by atomic mass is 15.3. The van der Waals surface area contributed by atoms with Crippen LogP contribution in [0.5, 0.6) is 0 Å². The maximum atomic E-state index is 5.53. The first-order valence-electron chi connectivity index (χ1n) is 4.03. The zero-order chi connectivity index (χ0) is 8.81. The Balaban J connectivity index is 2.19. The van der Waals surface area contributed by atoms with E-state index >= 15 is 0 Å². The highest BCUT2D eigenvalue weighted by Crippen LogP contribution is 1.89. The number of rotatable bonds is 4. The molecule has 66 valence electrons. The first-order chi connectivity index (χ1) is 5.79. The van der Waals surface area contributed by atoms with Crippen LogP contribution < -0.4 is 5.73 Å². The first-order valence-corrected chi connectivity index (χ1v) is 4.03. The Morgan fingerprint density at radius 2 is 2.50 bits per heavy atom. The van der Waals surface area contributed by atoms with Crippen molar-refractivity contribution in [3.05, 3.63) is 24.8 Å². The van der Waals surface area contributed by atoms with Crippen molar-refractivity contribution < 1.29 is 0 Å². The second-order valence-corrected chi connectivity index (χ2v) is 2.73. The molecule has 1 heterocycles. The van der Waals surface area contributed by atoms with Gasteiger partial charge < -0.3 is 5.73 Å². The minimum Gasteiger partial charge on any atom is -0.325 e. The monoisotopic (exact) mass is 166 g/mol. The van der Waals surface area contributed by atoms with Crippen LogP contribution in [0.3, 0.4) is 0 Å². The summed E-state index contributed by atoms with van der Waals surface area (Å²) in [6.45, 7) is 2.81. The van der Waals surface area contributed by atoms with Gasteiger partial charge in [-0.3, -0.25) is 4.68 Å². The van der Waals surface area contributed by atoms with Crippen molar-refractivity contribution in [2.24, 2.45) is 5.73 Å². The molecule has 0 fully saturated rings. The molecule has 12 heavy (non-hydrogen) atoms. The average molecular weight is 166 g/mol. The van der Waals surface area contributed by atoms with E-state index in [1.807, 2.05) is 13.0 Å². The number of hydrogen-bond acceptors (Lipinski definition) is 3. The minimum atomic E-state index is 0.140. The molecule has 1 aromatic heterocycles. The largest absolute Gasteiger partial charge is 0.325 e. The Morgan fingerprint density at radius 3 is 3.08 bits per heavy atom. The SMILES string of the molecule is CC(N)/C=C/CCn1cncn1. The molecule has 0 amide bonds. The van der Waals surface area contributed by atoms with Crippen molar-refractivity contribution in [3.8, 4) is 0 Å². The average Bonchev–Trinajstić information content (AvgIpc) is 2.49. The molecule has 2 N–H and O–H groups in total. The lowest BCUT2D eigenvalue weighted by Crippen LogP contribution is -2.10. The Kier molecular flexibility index (Phi) is 3.47. The van der Waals surface area contributed by atoms with Crippen LogP contribution in [0.2, 0.25) is 0 Å². The van der Waals surface area contributed by atoms with Crippen molar-refractivity contribution in [1.29, 1.82) is 0 Å². The number of aromatic nitrogens is 3. The zero-order valence-corrected chi connectivity index (χ0v) is 7.22. The van der Waals surface area contributed by atoms with Gasteiger partial charge in [0.15, 0.2) is 0 Å². The molecule has 0 aliphatic carbocycles. The molecule has 0 saturated carbocycles. The number of hydrogen-bond donors (Lipinski definition) is 1. The molecule has 0 saturated heterocycles. The predicted molar refractivity (Wildman–Crippen MR) is 47.4 cm³/mol. The molecule has 0 spiro atoms. The Morgan fingerprint density at radius 1 is 1.67 bits per heavy atom. The smallest absolute Gasteiger partial charge is 0.137 e. The molecule has 1 unspecified atom stereocenters. The van der Waals surface area contributed by atoms with Crippen LogP contribution in [-0.2, 0) is 6.54 Å². The summed E-state index contributed by atoms with van der Waals surface area (Å²) in [5.74, 6) is 0. The maximum absolute atomic E-state index is 5.53. The summed E-state index contributed by atoms with van der Waals surface area (Å²) < 4.78 is 1.80. The summed E-state index contributed by atoms with van der Waals surface area (Å²) in [6.07, 6.45) is 8.24. The lowest BCUT2D eigenvalue weighted by atomic mass is 10.3. The highest BCUT2D eigenvalue weighted by molar-refractivity contribution is 4.88. The molecule has 0 bridgehead atoms. The molecule has 0 aliphatic heterocycles. The number of aryl methyl sites for hydroxylation is 1. The molecule has 4 nitrogen and oxygen atoms in total. The molecule has 0 radical (unpaired) electrons. The third kappa shape index (κ3) is 3.30. The molecule has 1 rings (SSSR count). The van der Waals surface area contributed by atoms with Gasteiger partial charge in [0.2, 0.25) is 0 Å². The summed E-state index contributed by atoms with van der Waals surface area (Å²) in [5.41, 5.74) is 5.53. The molecular weight excluding hydrogens is 152 g/mol. The fraction of sp³-hybridized carbons (Fsp3) is 0.500. The normalized spacial score (nSPS) is 13.8. The van der Waals surface area contributed by atoms with E-state index in [0.29, 0.717) is 0 Å². The van der Waals surface area contributed by atoms with Crippen LogP contribution in [0.1, 0.15) is 13.3 Å². The van der Waals surface area contributed by atoms with E-state index in [2.05, 4.69) is 16.2 Å². The molecule has 4 heteroatoms. The van der Waals surface area contributed by atoms with Crippen LogP contribution in [0.15, 0.2) is 24.8 Å². The zero-order valence-electron chi connectivity index (χ0n) is 7.22.